The second-order valence-corrected chi connectivity index (χ2v) is 4.15. The van der Waals surface area contributed by atoms with Crippen LogP contribution in [0.5, 0.6) is 0 Å². The zero-order chi connectivity index (χ0) is 12.3. The van der Waals surface area contributed by atoms with Crippen LogP contribution in [0.15, 0.2) is 29.1 Å². The first-order valence-electron chi connectivity index (χ1n) is 5.60. The largest absolute Gasteiger partial charge is 0.468 e. The summed E-state index contributed by atoms with van der Waals surface area (Å²) in [6.07, 6.45) is 3.83. The van der Waals surface area contributed by atoms with Crippen molar-refractivity contribution in [3.8, 4) is 0 Å². The molecule has 0 amide bonds. The van der Waals surface area contributed by atoms with Gasteiger partial charge in [-0.1, -0.05) is 0 Å². The topological polar surface area (TPSA) is 81.9 Å². The first kappa shape index (κ1) is 11.8. The van der Waals surface area contributed by atoms with E-state index in [1.807, 2.05) is 16.8 Å². The standard InChI is InChI=1S/C11H17N5O/c1-8(2)16-11(13-7-14-16)6-9(15-12)10-4-3-5-17-10/h3-5,7-9,15H,6,12H2,1-2H3. The number of aromatic nitrogens is 3. The zero-order valence-electron chi connectivity index (χ0n) is 10.00. The van der Waals surface area contributed by atoms with Crippen LogP contribution in [0.4, 0.5) is 0 Å². The third-order valence-corrected chi connectivity index (χ3v) is 2.61. The molecule has 0 saturated heterocycles. The van der Waals surface area contributed by atoms with Crippen LogP contribution in [0.25, 0.3) is 0 Å². The maximum atomic E-state index is 5.54. The monoisotopic (exact) mass is 235 g/mol. The van der Waals surface area contributed by atoms with Crippen LogP contribution >= 0.6 is 0 Å². The van der Waals surface area contributed by atoms with Crippen molar-refractivity contribution in [3.05, 3.63) is 36.3 Å². The molecule has 0 aliphatic rings. The number of hydrogen-bond acceptors (Lipinski definition) is 5. The van der Waals surface area contributed by atoms with Crippen molar-refractivity contribution in [2.75, 3.05) is 0 Å². The molecule has 0 aliphatic heterocycles. The van der Waals surface area contributed by atoms with E-state index < -0.39 is 0 Å². The molecule has 17 heavy (non-hydrogen) atoms. The van der Waals surface area contributed by atoms with Crippen LogP contribution < -0.4 is 11.3 Å². The second kappa shape index (κ2) is 5.11. The minimum atomic E-state index is -0.0910. The fourth-order valence-electron chi connectivity index (χ4n) is 1.77. The Morgan fingerprint density at radius 3 is 2.94 bits per heavy atom. The Balaban J connectivity index is 2.16. The number of rotatable bonds is 5. The van der Waals surface area contributed by atoms with Crippen molar-refractivity contribution in [1.82, 2.24) is 20.2 Å². The predicted molar refractivity (Wildman–Crippen MR) is 62.9 cm³/mol. The molecule has 0 aromatic carbocycles. The Bertz CT molecular complexity index is 448. The summed E-state index contributed by atoms with van der Waals surface area (Å²) in [5.41, 5.74) is 2.73. The molecule has 2 aromatic rings. The van der Waals surface area contributed by atoms with E-state index in [-0.39, 0.29) is 12.1 Å². The molecular weight excluding hydrogens is 218 g/mol. The van der Waals surface area contributed by atoms with E-state index in [0.29, 0.717) is 6.42 Å². The van der Waals surface area contributed by atoms with Crippen molar-refractivity contribution in [2.45, 2.75) is 32.4 Å². The van der Waals surface area contributed by atoms with Gasteiger partial charge in [-0.15, -0.1) is 0 Å². The molecule has 2 heterocycles. The van der Waals surface area contributed by atoms with Gasteiger partial charge in [-0.3, -0.25) is 5.84 Å². The van der Waals surface area contributed by atoms with Crippen LogP contribution in [0, 0.1) is 0 Å². The summed E-state index contributed by atoms with van der Waals surface area (Å²) in [6.45, 7) is 4.13. The molecule has 92 valence electrons. The summed E-state index contributed by atoms with van der Waals surface area (Å²) in [6, 6.07) is 3.92. The van der Waals surface area contributed by atoms with Crippen LogP contribution in [-0.2, 0) is 6.42 Å². The highest BCUT2D eigenvalue weighted by Gasteiger charge is 2.17. The Morgan fingerprint density at radius 2 is 2.35 bits per heavy atom. The molecule has 1 unspecified atom stereocenters. The van der Waals surface area contributed by atoms with Gasteiger partial charge in [-0.2, -0.15) is 5.10 Å². The summed E-state index contributed by atoms with van der Waals surface area (Å²) >= 11 is 0. The van der Waals surface area contributed by atoms with Gasteiger partial charge in [0.15, 0.2) is 0 Å². The Morgan fingerprint density at radius 1 is 1.53 bits per heavy atom. The molecular formula is C11H17N5O. The summed E-state index contributed by atoms with van der Waals surface area (Å²) in [5, 5.41) is 4.19. The highest BCUT2D eigenvalue weighted by molar-refractivity contribution is 5.07. The van der Waals surface area contributed by atoms with Gasteiger partial charge in [0.1, 0.15) is 17.9 Å². The van der Waals surface area contributed by atoms with E-state index in [1.165, 1.54) is 0 Å². The van der Waals surface area contributed by atoms with E-state index >= 15 is 0 Å². The van der Waals surface area contributed by atoms with Crippen molar-refractivity contribution in [2.24, 2.45) is 5.84 Å². The molecule has 0 radical (unpaired) electrons. The summed E-state index contributed by atoms with van der Waals surface area (Å²) in [5.74, 6) is 7.22. The molecule has 3 N–H and O–H groups in total. The lowest BCUT2D eigenvalue weighted by molar-refractivity contribution is 0.398. The second-order valence-electron chi connectivity index (χ2n) is 4.15. The highest BCUT2D eigenvalue weighted by Crippen LogP contribution is 2.18. The summed E-state index contributed by atoms with van der Waals surface area (Å²) < 4.78 is 7.22. The van der Waals surface area contributed by atoms with Crippen molar-refractivity contribution in [1.29, 1.82) is 0 Å². The maximum absolute atomic E-state index is 5.54. The molecule has 6 nitrogen and oxygen atoms in total. The minimum absolute atomic E-state index is 0.0910. The fraction of sp³-hybridized carbons (Fsp3) is 0.455. The van der Waals surface area contributed by atoms with Gasteiger partial charge in [-0.25, -0.2) is 15.1 Å². The Labute approximate surface area is 99.8 Å². The lowest BCUT2D eigenvalue weighted by Crippen LogP contribution is -2.30. The number of hydrogen-bond donors (Lipinski definition) is 2. The lowest BCUT2D eigenvalue weighted by Gasteiger charge is -2.15. The quantitative estimate of drug-likeness (QED) is 0.601. The molecule has 2 aromatic heterocycles. The van der Waals surface area contributed by atoms with Gasteiger partial charge in [0.2, 0.25) is 0 Å². The lowest BCUT2D eigenvalue weighted by atomic mass is 10.1. The van der Waals surface area contributed by atoms with E-state index in [0.717, 1.165) is 11.6 Å². The van der Waals surface area contributed by atoms with Crippen LogP contribution in [0.2, 0.25) is 0 Å². The first-order valence-corrected chi connectivity index (χ1v) is 5.60. The Kier molecular flexibility index (Phi) is 3.55. The average Bonchev–Trinajstić information content (AvgIpc) is 2.96. The maximum Gasteiger partial charge on any atom is 0.138 e. The highest BCUT2D eigenvalue weighted by atomic mass is 16.3. The van der Waals surface area contributed by atoms with Crippen LogP contribution in [-0.4, -0.2) is 14.8 Å². The number of hydrazine groups is 1. The minimum Gasteiger partial charge on any atom is -0.468 e. The van der Waals surface area contributed by atoms with E-state index in [1.54, 1.807) is 12.6 Å². The van der Waals surface area contributed by atoms with Crippen molar-refractivity contribution >= 4 is 0 Å². The predicted octanol–water partition coefficient (Wildman–Crippen LogP) is 1.20. The molecule has 6 heteroatoms. The van der Waals surface area contributed by atoms with Gasteiger partial charge in [0.05, 0.1) is 12.3 Å². The van der Waals surface area contributed by atoms with E-state index in [2.05, 4.69) is 29.4 Å². The van der Waals surface area contributed by atoms with Gasteiger partial charge in [0.25, 0.3) is 0 Å². The number of nitrogens with zero attached hydrogens (tertiary/aromatic N) is 3. The van der Waals surface area contributed by atoms with Gasteiger partial charge >= 0.3 is 0 Å². The van der Waals surface area contributed by atoms with Crippen molar-refractivity contribution < 1.29 is 4.42 Å². The van der Waals surface area contributed by atoms with Gasteiger partial charge in [0, 0.05) is 12.5 Å². The number of nitrogens with two attached hydrogens (primary N) is 1. The average molecular weight is 235 g/mol. The first-order chi connectivity index (χ1) is 8.22. The van der Waals surface area contributed by atoms with Gasteiger partial charge < -0.3 is 4.42 Å². The van der Waals surface area contributed by atoms with Gasteiger partial charge in [-0.05, 0) is 26.0 Å². The molecule has 0 spiro atoms. The fourth-order valence-corrected chi connectivity index (χ4v) is 1.77. The number of furan rings is 1. The third-order valence-electron chi connectivity index (χ3n) is 2.61. The smallest absolute Gasteiger partial charge is 0.138 e. The number of nitrogens with one attached hydrogen (secondary N) is 1. The molecule has 1 atom stereocenters. The van der Waals surface area contributed by atoms with E-state index in [9.17, 15) is 0 Å². The van der Waals surface area contributed by atoms with Crippen LogP contribution in [0.1, 0.15) is 37.5 Å². The molecule has 0 saturated carbocycles. The summed E-state index contributed by atoms with van der Waals surface area (Å²) in [4.78, 5) is 4.25. The van der Waals surface area contributed by atoms with E-state index in [4.69, 9.17) is 10.3 Å². The SMILES string of the molecule is CC(C)n1ncnc1CC(NN)c1ccco1. The molecule has 0 aliphatic carbocycles. The van der Waals surface area contributed by atoms with Crippen LogP contribution in [0.3, 0.4) is 0 Å². The zero-order valence-corrected chi connectivity index (χ0v) is 10.00. The molecule has 2 rings (SSSR count). The third kappa shape index (κ3) is 2.54. The summed E-state index contributed by atoms with van der Waals surface area (Å²) in [7, 11) is 0. The normalized spacial score (nSPS) is 13.2. The van der Waals surface area contributed by atoms with Crippen molar-refractivity contribution in [3.63, 3.8) is 0 Å². The Hall–Kier alpha value is -1.66. The molecule has 0 fully saturated rings. The molecule has 0 bridgehead atoms.